The third-order valence-corrected chi connectivity index (χ3v) is 13.7. The van der Waals surface area contributed by atoms with Gasteiger partial charge in [0, 0.05) is 80.9 Å². The number of fused-ring (bicyclic) bond motifs is 2. The van der Waals surface area contributed by atoms with Gasteiger partial charge >= 0.3 is 0 Å². The van der Waals surface area contributed by atoms with E-state index in [-0.39, 0.29) is 17.9 Å². The van der Waals surface area contributed by atoms with Gasteiger partial charge in [0.15, 0.2) is 0 Å². The Kier molecular flexibility index (Phi) is 13.0. The van der Waals surface area contributed by atoms with Crippen molar-refractivity contribution >= 4 is 45.5 Å². The molecule has 61 heavy (non-hydrogen) atoms. The summed E-state index contributed by atoms with van der Waals surface area (Å²) < 4.78 is 4.22. The molecule has 9 rings (SSSR count). The number of hydrogen-bond donors (Lipinski definition) is 0. The number of aryl methyl sites for hydroxylation is 2. The number of rotatable bonds is 9. The summed E-state index contributed by atoms with van der Waals surface area (Å²) in [6.45, 7) is 15.4. The number of halogens is 1. The van der Waals surface area contributed by atoms with Crippen molar-refractivity contribution < 1.29 is 9.59 Å². The van der Waals surface area contributed by atoms with Crippen molar-refractivity contribution in [2.45, 2.75) is 104 Å². The van der Waals surface area contributed by atoms with E-state index in [9.17, 15) is 9.59 Å². The van der Waals surface area contributed by atoms with E-state index in [0.717, 1.165) is 102 Å². The molecular formula is C50H61ClN8O2. The fraction of sp³-hybridized carbons (Fsp3) is 0.440. The van der Waals surface area contributed by atoms with Gasteiger partial charge in [-0.1, -0.05) is 55.1 Å². The molecule has 0 spiro atoms. The van der Waals surface area contributed by atoms with E-state index in [1.54, 1.807) is 0 Å². The van der Waals surface area contributed by atoms with Crippen LogP contribution >= 0.6 is 11.6 Å². The molecule has 0 N–H and O–H groups in total. The predicted octanol–water partition coefficient (Wildman–Crippen LogP) is 9.75. The Labute approximate surface area is 366 Å². The fourth-order valence-corrected chi connectivity index (χ4v) is 10.2. The van der Waals surface area contributed by atoms with Crippen LogP contribution < -0.4 is 0 Å². The summed E-state index contributed by atoms with van der Waals surface area (Å²) in [4.78, 5) is 44.8. The molecule has 3 fully saturated rings. The van der Waals surface area contributed by atoms with Crippen LogP contribution in [-0.4, -0.2) is 114 Å². The zero-order valence-electron chi connectivity index (χ0n) is 36.7. The lowest BCUT2D eigenvalue weighted by atomic mass is 9.94. The highest BCUT2D eigenvalue weighted by Crippen LogP contribution is 2.30. The molecule has 11 heteroatoms. The SMILES string of the molecule is CCN(C(=O)c1ccc(-n2c(C)nc3ccccc32)cc1)[C@@H]1CCN(C2CCCCC2)C1.Cc1nc2ccccc2n1-c1ccc(C(=O)N(C)[C@@H]2CCN(C(C)C)C2)c(Cl)c1. The molecule has 0 unspecified atom stereocenters. The quantitative estimate of drug-likeness (QED) is 0.144. The number of benzene rings is 4. The Bertz CT molecular complexity index is 2480. The number of nitrogens with zero attached hydrogens (tertiary/aromatic N) is 8. The summed E-state index contributed by atoms with van der Waals surface area (Å²) in [5.41, 5.74) is 7.32. The van der Waals surface area contributed by atoms with Gasteiger partial charge in [-0.2, -0.15) is 0 Å². The van der Waals surface area contributed by atoms with E-state index in [2.05, 4.69) is 60.6 Å². The molecule has 2 atom stereocenters. The Morgan fingerprint density at radius 1 is 0.721 bits per heavy atom. The third-order valence-electron chi connectivity index (χ3n) is 13.4. The largest absolute Gasteiger partial charge is 0.337 e. The highest BCUT2D eigenvalue weighted by Gasteiger charge is 2.34. The minimum atomic E-state index is -0.0237. The van der Waals surface area contributed by atoms with Crippen molar-refractivity contribution in [2.75, 3.05) is 39.8 Å². The molecule has 320 valence electrons. The normalized spacial score (nSPS) is 18.8. The fourth-order valence-electron chi connectivity index (χ4n) is 9.96. The van der Waals surface area contributed by atoms with Gasteiger partial charge < -0.3 is 9.80 Å². The van der Waals surface area contributed by atoms with Crippen molar-refractivity contribution in [3.63, 3.8) is 0 Å². The van der Waals surface area contributed by atoms with Crippen molar-refractivity contribution in [3.05, 3.63) is 119 Å². The number of carbonyl (C=O) groups excluding carboxylic acids is 2. The van der Waals surface area contributed by atoms with Gasteiger partial charge in [-0.15, -0.1) is 0 Å². The van der Waals surface area contributed by atoms with Crippen LogP contribution in [0.15, 0.2) is 91.0 Å². The maximum Gasteiger partial charge on any atom is 0.255 e. The Hall–Kier alpha value is -5.03. The van der Waals surface area contributed by atoms with Gasteiger partial charge in [-0.25, -0.2) is 9.97 Å². The van der Waals surface area contributed by atoms with Gasteiger partial charge in [-0.05, 0) is 127 Å². The van der Waals surface area contributed by atoms with E-state index >= 15 is 0 Å². The van der Waals surface area contributed by atoms with Crippen molar-refractivity contribution in [1.82, 2.24) is 38.7 Å². The van der Waals surface area contributed by atoms with Gasteiger partial charge in [-0.3, -0.25) is 28.5 Å². The number of likely N-dealkylation sites (tertiary alicyclic amines) is 2. The predicted molar refractivity (Wildman–Crippen MR) is 247 cm³/mol. The summed E-state index contributed by atoms with van der Waals surface area (Å²) in [6.07, 6.45) is 8.86. The first kappa shape index (κ1) is 42.7. The molecule has 6 aromatic rings. The maximum absolute atomic E-state index is 13.4. The zero-order valence-corrected chi connectivity index (χ0v) is 37.5. The summed E-state index contributed by atoms with van der Waals surface area (Å²) in [5.74, 6) is 1.97. The number of hydrogen-bond acceptors (Lipinski definition) is 6. The molecule has 4 heterocycles. The molecule has 2 amide bonds. The number of aromatic nitrogens is 4. The van der Waals surface area contributed by atoms with Crippen LogP contribution in [0.2, 0.25) is 5.02 Å². The van der Waals surface area contributed by atoms with E-state index in [0.29, 0.717) is 22.7 Å². The molecule has 10 nitrogen and oxygen atoms in total. The highest BCUT2D eigenvalue weighted by molar-refractivity contribution is 6.34. The highest BCUT2D eigenvalue weighted by atomic mass is 35.5. The lowest BCUT2D eigenvalue weighted by Gasteiger charge is -2.33. The van der Waals surface area contributed by atoms with Crippen LogP contribution in [0.4, 0.5) is 0 Å². The number of carbonyl (C=O) groups is 2. The second-order valence-electron chi connectivity index (χ2n) is 17.4. The lowest BCUT2D eigenvalue weighted by molar-refractivity contribution is 0.0683. The first-order chi connectivity index (χ1) is 29.5. The molecule has 0 bridgehead atoms. The van der Waals surface area contributed by atoms with E-state index in [4.69, 9.17) is 11.6 Å². The minimum Gasteiger partial charge on any atom is -0.337 e. The smallest absolute Gasteiger partial charge is 0.255 e. The summed E-state index contributed by atoms with van der Waals surface area (Å²) >= 11 is 6.58. The Balaban J connectivity index is 0.000000169. The van der Waals surface area contributed by atoms with Crippen LogP contribution in [0.3, 0.4) is 0 Å². The van der Waals surface area contributed by atoms with Crippen LogP contribution in [0.25, 0.3) is 33.4 Å². The first-order valence-corrected chi connectivity index (χ1v) is 22.7. The zero-order chi connectivity index (χ0) is 42.8. The standard InChI is InChI=1S/C27H34N4O.C23H27ClN4O/c1-3-30(24-17-18-29(19-24)22-9-5-4-6-10-22)27(32)21-13-15-23(16-14-21)31-20(2)28-25-11-7-8-12-26(25)31;1-15(2)27-12-11-18(14-27)26(4)23(29)19-10-9-17(13-20(19)24)28-16(3)25-21-7-5-6-8-22(21)28/h7-8,11-16,22,24H,3-6,9-10,17-19H2,1-2H3;5-10,13,15,18H,11-12,14H2,1-4H3/t24-;18-/m11/s1. The lowest BCUT2D eigenvalue weighted by Crippen LogP contribution is -2.43. The topological polar surface area (TPSA) is 82.7 Å². The van der Waals surface area contributed by atoms with Crippen molar-refractivity contribution in [2.24, 2.45) is 0 Å². The molecule has 2 aliphatic heterocycles. The van der Waals surface area contributed by atoms with Gasteiger partial charge in [0.25, 0.3) is 11.8 Å². The third kappa shape index (κ3) is 8.86. The maximum atomic E-state index is 13.4. The first-order valence-electron chi connectivity index (χ1n) is 22.4. The minimum absolute atomic E-state index is 0.0237. The monoisotopic (exact) mass is 840 g/mol. The average Bonchev–Trinajstić information content (AvgIpc) is 4.09. The number of likely N-dealkylation sites (N-methyl/N-ethyl adjacent to an activating group) is 2. The Morgan fingerprint density at radius 3 is 1.90 bits per heavy atom. The van der Waals surface area contributed by atoms with Gasteiger partial charge in [0.05, 0.1) is 32.7 Å². The molecule has 1 aliphatic carbocycles. The van der Waals surface area contributed by atoms with Crippen LogP contribution in [0, 0.1) is 13.8 Å². The second-order valence-corrected chi connectivity index (χ2v) is 17.9. The van der Waals surface area contributed by atoms with E-state index < -0.39 is 0 Å². The van der Waals surface area contributed by atoms with Crippen molar-refractivity contribution in [3.8, 4) is 11.4 Å². The average molecular weight is 842 g/mol. The second kappa shape index (κ2) is 18.5. The molecule has 2 aromatic heterocycles. The van der Waals surface area contributed by atoms with Crippen LogP contribution in [0.1, 0.15) is 98.1 Å². The molecule has 0 radical (unpaired) electrons. The van der Waals surface area contributed by atoms with Gasteiger partial charge in [0.2, 0.25) is 0 Å². The van der Waals surface area contributed by atoms with E-state index in [1.165, 1.54) is 32.1 Å². The molecule has 4 aromatic carbocycles. The van der Waals surface area contributed by atoms with Crippen molar-refractivity contribution in [1.29, 1.82) is 0 Å². The number of imidazole rings is 2. The molecule has 3 aliphatic rings. The number of para-hydroxylation sites is 4. The van der Waals surface area contributed by atoms with Crippen LogP contribution in [0.5, 0.6) is 0 Å². The Morgan fingerprint density at radius 2 is 1.31 bits per heavy atom. The number of amides is 2. The summed E-state index contributed by atoms with van der Waals surface area (Å²) in [5, 5.41) is 0.468. The molecule has 1 saturated carbocycles. The van der Waals surface area contributed by atoms with Gasteiger partial charge in [0.1, 0.15) is 11.6 Å². The summed E-state index contributed by atoms with van der Waals surface area (Å²) in [7, 11) is 1.88. The molecular weight excluding hydrogens is 780 g/mol. The van der Waals surface area contributed by atoms with E-state index in [1.807, 2.05) is 111 Å². The summed E-state index contributed by atoms with van der Waals surface area (Å²) in [6, 6.07) is 31.6. The molecule has 2 saturated heterocycles. The van der Waals surface area contributed by atoms with Crippen LogP contribution in [-0.2, 0) is 0 Å².